The first-order chi connectivity index (χ1) is 10.9. The highest BCUT2D eigenvalue weighted by atomic mass is 16.5. The molecule has 0 radical (unpaired) electrons. The molecule has 0 aliphatic heterocycles. The summed E-state index contributed by atoms with van der Waals surface area (Å²) in [7, 11) is 4.68. The van der Waals surface area contributed by atoms with Gasteiger partial charge in [0, 0.05) is 12.6 Å². The summed E-state index contributed by atoms with van der Waals surface area (Å²) in [5.74, 6) is 1.14. The van der Waals surface area contributed by atoms with Gasteiger partial charge in [-0.05, 0) is 30.5 Å². The molecule has 0 saturated heterocycles. The third-order valence-electron chi connectivity index (χ3n) is 3.44. The summed E-state index contributed by atoms with van der Waals surface area (Å²) in [6.07, 6.45) is 0.701. The van der Waals surface area contributed by atoms with Gasteiger partial charge in [0.05, 0.1) is 20.6 Å². The third kappa shape index (κ3) is 5.81. The number of benzene rings is 1. The summed E-state index contributed by atoms with van der Waals surface area (Å²) in [4.78, 5) is 24.2. The van der Waals surface area contributed by atoms with Gasteiger partial charge < -0.3 is 20.1 Å². The Morgan fingerprint density at radius 2 is 1.87 bits per heavy atom. The topological polar surface area (TPSA) is 76.7 Å². The fraction of sp³-hybridized carbons (Fsp3) is 0.529. The summed E-state index contributed by atoms with van der Waals surface area (Å²) in [5, 5.41) is 5.37. The smallest absolute Gasteiger partial charge is 0.242 e. The monoisotopic (exact) mass is 322 g/mol. The Morgan fingerprint density at radius 3 is 2.39 bits per heavy atom. The van der Waals surface area contributed by atoms with Gasteiger partial charge in [-0.3, -0.25) is 9.59 Å². The van der Waals surface area contributed by atoms with Crippen molar-refractivity contribution in [3.8, 4) is 11.5 Å². The van der Waals surface area contributed by atoms with Crippen LogP contribution in [0.25, 0.3) is 0 Å². The molecule has 1 unspecified atom stereocenters. The molecule has 1 atom stereocenters. The second-order valence-electron chi connectivity index (χ2n) is 5.72. The van der Waals surface area contributed by atoms with E-state index < -0.39 is 6.04 Å². The number of rotatable bonds is 8. The van der Waals surface area contributed by atoms with Gasteiger partial charge in [0.1, 0.15) is 17.5 Å². The highest BCUT2D eigenvalue weighted by molar-refractivity contribution is 5.88. The van der Waals surface area contributed by atoms with Crippen LogP contribution in [-0.2, 0) is 16.0 Å². The molecule has 0 heterocycles. The van der Waals surface area contributed by atoms with Crippen LogP contribution >= 0.6 is 0 Å². The molecular formula is C17H26N2O4. The highest BCUT2D eigenvalue weighted by Crippen LogP contribution is 2.24. The van der Waals surface area contributed by atoms with Gasteiger partial charge >= 0.3 is 0 Å². The quantitative estimate of drug-likeness (QED) is 0.761. The average molecular weight is 322 g/mol. The van der Waals surface area contributed by atoms with Crippen LogP contribution in [-0.4, -0.2) is 39.1 Å². The fourth-order valence-corrected chi connectivity index (χ4v) is 2.32. The number of hydrogen-bond donors (Lipinski definition) is 2. The maximum Gasteiger partial charge on any atom is 0.242 e. The molecular weight excluding hydrogens is 296 g/mol. The van der Waals surface area contributed by atoms with Crippen molar-refractivity contribution in [3.05, 3.63) is 23.8 Å². The van der Waals surface area contributed by atoms with E-state index in [4.69, 9.17) is 9.47 Å². The van der Waals surface area contributed by atoms with E-state index in [1.807, 2.05) is 13.8 Å². The lowest BCUT2D eigenvalue weighted by atomic mass is 10.0. The SMILES string of the molecule is CNC(=O)C(CC(C)C)NC(=O)Cc1cc(OC)ccc1OC. The first-order valence-electron chi connectivity index (χ1n) is 7.63. The van der Waals surface area contributed by atoms with Crippen molar-refractivity contribution < 1.29 is 19.1 Å². The lowest BCUT2D eigenvalue weighted by Gasteiger charge is -2.19. The Kier molecular flexibility index (Phi) is 7.38. The number of ether oxygens (including phenoxy) is 2. The summed E-state index contributed by atoms with van der Waals surface area (Å²) >= 11 is 0. The number of hydrogen-bond acceptors (Lipinski definition) is 4. The molecule has 0 aliphatic carbocycles. The summed E-state index contributed by atoms with van der Waals surface area (Å²) in [5.41, 5.74) is 0.713. The Balaban J connectivity index is 2.83. The van der Waals surface area contributed by atoms with E-state index in [2.05, 4.69) is 10.6 Å². The molecule has 6 heteroatoms. The third-order valence-corrected chi connectivity index (χ3v) is 3.44. The first kappa shape index (κ1) is 18.8. The van der Waals surface area contributed by atoms with Crippen molar-refractivity contribution in [2.45, 2.75) is 32.7 Å². The standard InChI is InChI=1S/C17H26N2O4/c1-11(2)8-14(17(21)18-3)19-16(20)10-12-9-13(22-4)6-7-15(12)23-5/h6-7,9,11,14H,8,10H2,1-5H3,(H,18,21)(H,19,20). The van der Waals surface area contributed by atoms with E-state index in [0.29, 0.717) is 29.4 Å². The van der Waals surface area contributed by atoms with Gasteiger partial charge in [-0.1, -0.05) is 13.8 Å². The van der Waals surface area contributed by atoms with Gasteiger partial charge in [0.15, 0.2) is 0 Å². The van der Waals surface area contributed by atoms with Crippen LogP contribution in [0.5, 0.6) is 11.5 Å². The van der Waals surface area contributed by atoms with Crippen LogP contribution in [0.1, 0.15) is 25.8 Å². The Hall–Kier alpha value is -2.24. The second-order valence-corrected chi connectivity index (χ2v) is 5.72. The van der Waals surface area contributed by atoms with E-state index in [-0.39, 0.29) is 18.2 Å². The molecule has 1 aromatic rings. The van der Waals surface area contributed by atoms with E-state index >= 15 is 0 Å². The molecule has 0 aliphatic rings. The number of carbonyl (C=O) groups excluding carboxylic acids is 2. The van der Waals surface area contributed by atoms with Crippen molar-refractivity contribution >= 4 is 11.8 Å². The zero-order valence-corrected chi connectivity index (χ0v) is 14.4. The fourth-order valence-electron chi connectivity index (χ4n) is 2.32. The number of amides is 2. The molecule has 1 rings (SSSR count). The number of nitrogens with one attached hydrogen (secondary N) is 2. The minimum atomic E-state index is -0.538. The lowest BCUT2D eigenvalue weighted by Crippen LogP contribution is -2.46. The highest BCUT2D eigenvalue weighted by Gasteiger charge is 2.21. The van der Waals surface area contributed by atoms with Crippen LogP contribution in [0, 0.1) is 5.92 Å². The number of methoxy groups -OCH3 is 2. The van der Waals surface area contributed by atoms with Crippen LogP contribution in [0.3, 0.4) is 0 Å². The molecule has 0 bridgehead atoms. The van der Waals surface area contributed by atoms with Crippen LogP contribution in [0.15, 0.2) is 18.2 Å². The van der Waals surface area contributed by atoms with Gasteiger partial charge in [0.25, 0.3) is 0 Å². The molecule has 6 nitrogen and oxygen atoms in total. The molecule has 0 fully saturated rings. The van der Waals surface area contributed by atoms with Crippen LogP contribution in [0.4, 0.5) is 0 Å². The molecule has 0 saturated carbocycles. The van der Waals surface area contributed by atoms with Crippen LogP contribution < -0.4 is 20.1 Å². The van der Waals surface area contributed by atoms with Crippen LogP contribution in [0.2, 0.25) is 0 Å². The molecule has 23 heavy (non-hydrogen) atoms. The predicted molar refractivity (Wildman–Crippen MR) is 88.7 cm³/mol. The normalized spacial score (nSPS) is 11.7. The maximum atomic E-state index is 12.3. The Morgan fingerprint density at radius 1 is 1.17 bits per heavy atom. The van der Waals surface area contributed by atoms with E-state index in [1.165, 1.54) is 0 Å². The van der Waals surface area contributed by atoms with Gasteiger partial charge in [-0.15, -0.1) is 0 Å². The molecule has 2 amide bonds. The largest absolute Gasteiger partial charge is 0.497 e. The zero-order chi connectivity index (χ0) is 17.4. The van der Waals surface area contributed by atoms with Crippen molar-refractivity contribution in [1.29, 1.82) is 0 Å². The van der Waals surface area contributed by atoms with Crippen molar-refractivity contribution in [1.82, 2.24) is 10.6 Å². The van der Waals surface area contributed by atoms with Crippen molar-refractivity contribution in [2.24, 2.45) is 5.92 Å². The molecule has 2 N–H and O–H groups in total. The Bertz CT molecular complexity index is 543. The van der Waals surface area contributed by atoms with E-state index in [1.54, 1.807) is 39.5 Å². The minimum Gasteiger partial charge on any atom is -0.497 e. The summed E-state index contributed by atoms with van der Waals surface area (Å²) < 4.78 is 10.4. The molecule has 0 spiro atoms. The van der Waals surface area contributed by atoms with Gasteiger partial charge in [0.2, 0.25) is 11.8 Å². The first-order valence-corrected chi connectivity index (χ1v) is 7.63. The summed E-state index contributed by atoms with van der Waals surface area (Å²) in [6, 6.07) is 4.75. The summed E-state index contributed by atoms with van der Waals surface area (Å²) in [6.45, 7) is 4.01. The van der Waals surface area contributed by atoms with Crippen molar-refractivity contribution in [3.63, 3.8) is 0 Å². The van der Waals surface area contributed by atoms with Gasteiger partial charge in [-0.2, -0.15) is 0 Å². The molecule has 128 valence electrons. The Labute approximate surface area is 137 Å². The average Bonchev–Trinajstić information content (AvgIpc) is 2.52. The van der Waals surface area contributed by atoms with E-state index in [0.717, 1.165) is 0 Å². The number of likely N-dealkylation sites (N-methyl/N-ethyl adjacent to an activating group) is 1. The molecule has 0 aromatic heterocycles. The van der Waals surface area contributed by atoms with E-state index in [9.17, 15) is 9.59 Å². The lowest BCUT2D eigenvalue weighted by molar-refractivity contribution is -0.128. The predicted octanol–water partition coefficient (Wildman–Crippen LogP) is 1.52. The van der Waals surface area contributed by atoms with Gasteiger partial charge in [-0.25, -0.2) is 0 Å². The zero-order valence-electron chi connectivity index (χ0n) is 14.4. The molecule has 1 aromatic carbocycles. The van der Waals surface area contributed by atoms with Crippen molar-refractivity contribution in [2.75, 3.05) is 21.3 Å². The minimum absolute atomic E-state index is 0.117. The number of carbonyl (C=O) groups is 2. The maximum absolute atomic E-state index is 12.3. The second kappa shape index (κ2) is 9.02.